The van der Waals surface area contributed by atoms with Crippen LogP contribution in [0.25, 0.3) is 0 Å². The van der Waals surface area contributed by atoms with Gasteiger partial charge < -0.3 is 14.6 Å². The number of para-hydroxylation sites is 1. The van der Waals surface area contributed by atoms with E-state index in [9.17, 15) is 5.11 Å². The summed E-state index contributed by atoms with van der Waals surface area (Å²) < 4.78 is 11.3. The Balaban J connectivity index is 2.37. The highest BCUT2D eigenvalue weighted by atomic mass is 16.5. The first-order valence-electron chi connectivity index (χ1n) is 8.20. The highest BCUT2D eigenvalue weighted by molar-refractivity contribution is 5.35. The van der Waals surface area contributed by atoms with Crippen LogP contribution in [-0.2, 0) is 4.74 Å². The van der Waals surface area contributed by atoms with Crippen LogP contribution in [0.2, 0.25) is 0 Å². The molecule has 1 aromatic carbocycles. The van der Waals surface area contributed by atoms with E-state index in [4.69, 9.17) is 9.47 Å². The van der Waals surface area contributed by atoms with E-state index in [-0.39, 0.29) is 6.10 Å². The summed E-state index contributed by atoms with van der Waals surface area (Å²) in [4.78, 5) is 0. The molecule has 3 nitrogen and oxygen atoms in total. The maximum absolute atomic E-state index is 10.3. The minimum absolute atomic E-state index is 0.191. The Hall–Kier alpha value is -1.06. The zero-order chi connectivity index (χ0) is 15.5. The van der Waals surface area contributed by atoms with Crippen molar-refractivity contribution in [3.05, 3.63) is 29.8 Å². The summed E-state index contributed by atoms with van der Waals surface area (Å²) in [5.74, 6) is 0.742. The number of rotatable bonds is 11. The summed E-state index contributed by atoms with van der Waals surface area (Å²) in [5, 5.41) is 10.3. The van der Waals surface area contributed by atoms with Crippen molar-refractivity contribution in [2.45, 2.75) is 65.1 Å². The number of unbranched alkanes of at least 4 members (excludes halogenated alkanes) is 3. The fourth-order valence-electron chi connectivity index (χ4n) is 2.33. The molecule has 1 rings (SSSR count). The molecule has 21 heavy (non-hydrogen) atoms. The van der Waals surface area contributed by atoms with Gasteiger partial charge in [0, 0.05) is 5.56 Å². The lowest BCUT2D eigenvalue weighted by Crippen LogP contribution is -2.15. The number of hydrogen-bond acceptors (Lipinski definition) is 3. The third-order valence-corrected chi connectivity index (χ3v) is 3.58. The highest BCUT2D eigenvalue weighted by Crippen LogP contribution is 2.25. The van der Waals surface area contributed by atoms with Gasteiger partial charge in [-0.05, 0) is 26.3 Å². The zero-order valence-electron chi connectivity index (χ0n) is 13.7. The van der Waals surface area contributed by atoms with Crippen LogP contribution >= 0.6 is 0 Å². The predicted molar refractivity (Wildman–Crippen MR) is 86.7 cm³/mol. The Morgan fingerprint density at radius 1 is 1.10 bits per heavy atom. The molecule has 0 aliphatic heterocycles. The maximum Gasteiger partial charge on any atom is 0.125 e. The zero-order valence-corrected chi connectivity index (χ0v) is 13.7. The quantitative estimate of drug-likeness (QED) is 0.611. The molecule has 0 aromatic heterocycles. The largest absolute Gasteiger partial charge is 0.493 e. The lowest BCUT2D eigenvalue weighted by Gasteiger charge is -2.18. The summed E-state index contributed by atoms with van der Waals surface area (Å²) in [7, 11) is 0. The van der Waals surface area contributed by atoms with Crippen LogP contribution in [0.4, 0.5) is 0 Å². The molecule has 3 heteroatoms. The van der Waals surface area contributed by atoms with Crippen molar-refractivity contribution < 1.29 is 14.6 Å². The van der Waals surface area contributed by atoms with Gasteiger partial charge in [-0.1, -0.05) is 50.8 Å². The third-order valence-electron chi connectivity index (χ3n) is 3.58. The number of ether oxygens (including phenoxy) is 2. The standard InChI is InChI=1S/C18H30O3/c1-4-6-7-8-11-15(3)21-14-17(19)16-12-9-10-13-18(16)20-5-2/h9-10,12-13,15,17,19H,4-8,11,14H2,1-3H3. The van der Waals surface area contributed by atoms with E-state index < -0.39 is 6.10 Å². The van der Waals surface area contributed by atoms with Gasteiger partial charge in [-0.15, -0.1) is 0 Å². The first kappa shape index (κ1) is 18.0. The van der Waals surface area contributed by atoms with Gasteiger partial charge in [0.1, 0.15) is 11.9 Å². The lowest BCUT2D eigenvalue weighted by atomic mass is 10.1. The van der Waals surface area contributed by atoms with E-state index in [0.29, 0.717) is 13.2 Å². The Bertz CT molecular complexity index is 378. The summed E-state index contributed by atoms with van der Waals surface area (Å²) in [6.45, 7) is 7.15. The Morgan fingerprint density at radius 3 is 2.57 bits per heavy atom. The van der Waals surface area contributed by atoms with E-state index in [0.717, 1.165) is 17.7 Å². The Morgan fingerprint density at radius 2 is 1.86 bits per heavy atom. The molecule has 0 bridgehead atoms. The van der Waals surface area contributed by atoms with E-state index >= 15 is 0 Å². The molecule has 0 saturated carbocycles. The molecule has 2 unspecified atom stereocenters. The van der Waals surface area contributed by atoms with Crippen LogP contribution in [-0.4, -0.2) is 24.4 Å². The molecule has 0 saturated heterocycles. The third kappa shape index (κ3) is 6.96. The fraction of sp³-hybridized carbons (Fsp3) is 0.667. The van der Waals surface area contributed by atoms with Gasteiger partial charge in [0.15, 0.2) is 0 Å². The number of hydrogen-bond donors (Lipinski definition) is 1. The monoisotopic (exact) mass is 294 g/mol. The topological polar surface area (TPSA) is 38.7 Å². The van der Waals surface area contributed by atoms with Crippen molar-refractivity contribution in [1.29, 1.82) is 0 Å². The van der Waals surface area contributed by atoms with Crippen molar-refractivity contribution in [2.24, 2.45) is 0 Å². The van der Waals surface area contributed by atoms with Crippen molar-refractivity contribution in [3.63, 3.8) is 0 Å². The smallest absolute Gasteiger partial charge is 0.125 e. The molecule has 1 aromatic rings. The van der Waals surface area contributed by atoms with Gasteiger partial charge in [-0.25, -0.2) is 0 Å². The Labute approximate surface area is 129 Å². The van der Waals surface area contributed by atoms with Gasteiger partial charge in [0.05, 0.1) is 19.3 Å². The summed E-state index contributed by atoms with van der Waals surface area (Å²) >= 11 is 0. The first-order valence-corrected chi connectivity index (χ1v) is 8.20. The average molecular weight is 294 g/mol. The molecule has 2 atom stereocenters. The van der Waals surface area contributed by atoms with Crippen LogP contribution in [0.3, 0.4) is 0 Å². The molecule has 120 valence electrons. The van der Waals surface area contributed by atoms with E-state index in [2.05, 4.69) is 13.8 Å². The van der Waals surface area contributed by atoms with E-state index in [1.807, 2.05) is 31.2 Å². The Kier molecular flexibility index (Phi) is 9.11. The molecule has 0 fully saturated rings. The molecule has 0 spiro atoms. The van der Waals surface area contributed by atoms with Crippen LogP contribution < -0.4 is 4.74 Å². The van der Waals surface area contributed by atoms with Gasteiger partial charge in [-0.3, -0.25) is 0 Å². The van der Waals surface area contributed by atoms with Crippen molar-refractivity contribution in [2.75, 3.05) is 13.2 Å². The second-order valence-electron chi connectivity index (χ2n) is 5.48. The van der Waals surface area contributed by atoms with Crippen LogP contribution in [0.5, 0.6) is 5.75 Å². The minimum Gasteiger partial charge on any atom is -0.493 e. The SMILES string of the molecule is CCCCCCC(C)OCC(O)c1ccccc1OCC. The van der Waals surface area contributed by atoms with Crippen molar-refractivity contribution in [3.8, 4) is 5.75 Å². The number of benzene rings is 1. The number of aliphatic hydroxyl groups excluding tert-OH is 1. The number of aliphatic hydroxyl groups is 1. The van der Waals surface area contributed by atoms with Crippen LogP contribution in [0.15, 0.2) is 24.3 Å². The van der Waals surface area contributed by atoms with E-state index in [1.54, 1.807) is 0 Å². The highest BCUT2D eigenvalue weighted by Gasteiger charge is 2.14. The average Bonchev–Trinajstić information content (AvgIpc) is 2.50. The van der Waals surface area contributed by atoms with Crippen molar-refractivity contribution >= 4 is 0 Å². The van der Waals surface area contributed by atoms with Crippen molar-refractivity contribution in [1.82, 2.24) is 0 Å². The molecule has 0 amide bonds. The summed E-state index contributed by atoms with van der Waals surface area (Å²) in [6, 6.07) is 7.61. The second kappa shape index (κ2) is 10.6. The summed E-state index contributed by atoms with van der Waals surface area (Å²) in [5.41, 5.74) is 0.803. The normalized spacial score (nSPS) is 13.9. The molecule has 0 aliphatic rings. The fourth-order valence-corrected chi connectivity index (χ4v) is 2.33. The van der Waals surface area contributed by atoms with Crippen LogP contribution in [0.1, 0.15) is 64.5 Å². The van der Waals surface area contributed by atoms with E-state index in [1.165, 1.54) is 25.7 Å². The molecule has 0 heterocycles. The first-order chi connectivity index (χ1) is 10.2. The van der Waals surface area contributed by atoms with Crippen LogP contribution in [0, 0.1) is 0 Å². The molecular weight excluding hydrogens is 264 g/mol. The molecule has 1 N–H and O–H groups in total. The van der Waals surface area contributed by atoms with Gasteiger partial charge in [-0.2, -0.15) is 0 Å². The van der Waals surface area contributed by atoms with Gasteiger partial charge in [0.25, 0.3) is 0 Å². The molecule has 0 radical (unpaired) electrons. The predicted octanol–water partition coefficient (Wildman–Crippen LogP) is 4.49. The van der Waals surface area contributed by atoms with Gasteiger partial charge >= 0.3 is 0 Å². The maximum atomic E-state index is 10.3. The molecule has 0 aliphatic carbocycles. The minimum atomic E-state index is -0.633. The second-order valence-corrected chi connectivity index (χ2v) is 5.48. The summed E-state index contributed by atoms with van der Waals surface area (Å²) in [6.07, 6.45) is 5.61. The molecular formula is C18H30O3. The van der Waals surface area contributed by atoms with Gasteiger partial charge in [0.2, 0.25) is 0 Å². The lowest BCUT2D eigenvalue weighted by molar-refractivity contribution is -0.00737.